The number of alkyl halides is 3. The van der Waals surface area contributed by atoms with E-state index in [1.165, 1.54) is 6.92 Å². The fraction of sp³-hybridized carbons (Fsp3) is 0.429. The van der Waals surface area contributed by atoms with Crippen LogP contribution in [-0.4, -0.2) is 36.0 Å². The molecule has 1 aliphatic rings. The van der Waals surface area contributed by atoms with Crippen LogP contribution in [0.2, 0.25) is 0 Å². The third-order valence-corrected chi connectivity index (χ3v) is 3.46. The molecule has 1 aromatic carbocycles. The quantitative estimate of drug-likeness (QED) is 0.925. The van der Waals surface area contributed by atoms with Crippen molar-refractivity contribution in [1.82, 2.24) is 10.2 Å². The summed E-state index contributed by atoms with van der Waals surface area (Å²) in [6.07, 6.45) is -5.49. The summed E-state index contributed by atoms with van der Waals surface area (Å²) >= 11 is 0. The maximum atomic E-state index is 12.5. The Morgan fingerprint density at radius 1 is 1.24 bits per heavy atom. The lowest BCUT2D eigenvalue weighted by Crippen LogP contribution is -2.63. The number of hydrogen-bond acceptors (Lipinski definition) is 2. The van der Waals surface area contributed by atoms with Crippen molar-refractivity contribution in [3.05, 3.63) is 35.9 Å². The molecule has 1 atom stereocenters. The van der Waals surface area contributed by atoms with E-state index in [0.29, 0.717) is 5.56 Å². The molecular weight excluding hydrogens is 285 g/mol. The van der Waals surface area contributed by atoms with Crippen molar-refractivity contribution < 1.29 is 22.8 Å². The number of piperazine rings is 1. The second kappa shape index (κ2) is 5.38. The molecule has 4 nitrogen and oxygen atoms in total. The minimum absolute atomic E-state index is 0.350. The Labute approximate surface area is 119 Å². The van der Waals surface area contributed by atoms with E-state index in [4.69, 9.17) is 0 Å². The molecule has 0 bridgehead atoms. The summed E-state index contributed by atoms with van der Waals surface area (Å²) in [7, 11) is 0. The number of carbonyl (C=O) groups is 2. The summed E-state index contributed by atoms with van der Waals surface area (Å²) in [5.74, 6) is -0.999. The highest BCUT2D eigenvalue weighted by atomic mass is 19.4. The number of hydrogen-bond donors (Lipinski definition) is 1. The Morgan fingerprint density at radius 2 is 1.86 bits per heavy atom. The summed E-state index contributed by atoms with van der Waals surface area (Å²) in [6.45, 7) is 0.637. The molecule has 1 aromatic rings. The second-order valence-electron chi connectivity index (χ2n) is 5.13. The van der Waals surface area contributed by atoms with Gasteiger partial charge in [-0.2, -0.15) is 13.2 Å². The molecule has 1 N–H and O–H groups in total. The first-order valence-corrected chi connectivity index (χ1v) is 6.45. The van der Waals surface area contributed by atoms with Crippen LogP contribution in [0.1, 0.15) is 18.9 Å². The molecule has 1 fully saturated rings. The fourth-order valence-corrected chi connectivity index (χ4v) is 2.34. The summed E-state index contributed by atoms with van der Waals surface area (Å²) in [5.41, 5.74) is -0.789. The van der Waals surface area contributed by atoms with Gasteiger partial charge in [0.25, 0.3) is 5.91 Å². The standard InChI is InChI=1S/C14H15F3N2O2/c1-13(10-5-3-2-4-6-10)12(21)19(9-11(20)18-13)8-7-14(15,16)17/h2-6H,7-9H2,1H3,(H,18,20). The zero-order valence-electron chi connectivity index (χ0n) is 11.4. The first-order chi connectivity index (χ1) is 9.72. The highest BCUT2D eigenvalue weighted by molar-refractivity contribution is 5.98. The molecule has 1 heterocycles. The van der Waals surface area contributed by atoms with E-state index in [2.05, 4.69) is 5.32 Å². The van der Waals surface area contributed by atoms with Gasteiger partial charge in [0.15, 0.2) is 0 Å². The minimum Gasteiger partial charge on any atom is -0.337 e. The molecule has 0 saturated carbocycles. The molecule has 0 aliphatic carbocycles. The first-order valence-electron chi connectivity index (χ1n) is 6.45. The predicted molar refractivity (Wildman–Crippen MR) is 69.2 cm³/mol. The van der Waals surface area contributed by atoms with E-state index in [-0.39, 0.29) is 6.54 Å². The molecule has 2 amide bonds. The van der Waals surface area contributed by atoms with Gasteiger partial charge in [0.05, 0.1) is 13.0 Å². The van der Waals surface area contributed by atoms with Gasteiger partial charge in [0, 0.05) is 6.54 Å². The van der Waals surface area contributed by atoms with Gasteiger partial charge in [0.1, 0.15) is 5.54 Å². The molecule has 0 spiro atoms. The lowest BCUT2D eigenvalue weighted by Gasteiger charge is -2.40. The van der Waals surface area contributed by atoms with E-state index in [9.17, 15) is 22.8 Å². The van der Waals surface area contributed by atoms with E-state index in [1.54, 1.807) is 30.3 Å². The first kappa shape index (κ1) is 15.3. The molecular formula is C14H15F3N2O2. The Balaban J connectivity index is 2.23. The van der Waals surface area contributed by atoms with Gasteiger partial charge in [-0.1, -0.05) is 30.3 Å². The lowest BCUT2D eigenvalue weighted by molar-refractivity contribution is -0.157. The molecule has 0 radical (unpaired) electrons. The molecule has 1 aliphatic heterocycles. The van der Waals surface area contributed by atoms with Crippen molar-refractivity contribution in [1.29, 1.82) is 0 Å². The van der Waals surface area contributed by atoms with Crippen molar-refractivity contribution in [2.24, 2.45) is 0 Å². The summed E-state index contributed by atoms with van der Waals surface area (Å²) in [4.78, 5) is 25.2. The molecule has 114 valence electrons. The average Bonchev–Trinajstić information content (AvgIpc) is 2.41. The summed E-state index contributed by atoms with van der Waals surface area (Å²) < 4.78 is 36.9. The summed E-state index contributed by atoms with van der Waals surface area (Å²) in [5, 5.41) is 2.57. The molecule has 1 unspecified atom stereocenters. The molecule has 7 heteroatoms. The number of amides is 2. The van der Waals surface area contributed by atoms with Crippen LogP contribution < -0.4 is 5.32 Å². The third kappa shape index (κ3) is 3.34. The maximum absolute atomic E-state index is 12.5. The normalized spacial score (nSPS) is 23.1. The topological polar surface area (TPSA) is 49.4 Å². The molecule has 0 aromatic heterocycles. The number of carbonyl (C=O) groups excluding carboxylic acids is 2. The maximum Gasteiger partial charge on any atom is 0.390 e. The Hall–Kier alpha value is -2.05. The third-order valence-electron chi connectivity index (χ3n) is 3.46. The van der Waals surface area contributed by atoms with Crippen LogP contribution in [0.5, 0.6) is 0 Å². The Kier molecular flexibility index (Phi) is 3.93. The fourth-order valence-electron chi connectivity index (χ4n) is 2.34. The number of nitrogens with one attached hydrogen (secondary N) is 1. The average molecular weight is 300 g/mol. The lowest BCUT2D eigenvalue weighted by atomic mass is 9.88. The van der Waals surface area contributed by atoms with Gasteiger partial charge < -0.3 is 10.2 Å². The molecule has 21 heavy (non-hydrogen) atoms. The highest BCUT2D eigenvalue weighted by Crippen LogP contribution is 2.27. The van der Waals surface area contributed by atoms with Crippen LogP contribution in [-0.2, 0) is 15.1 Å². The van der Waals surface area contributed by atoms with Crippen LogP contribution in [0, 0.1) is 0 Å². The van der Waals surface area contributed by atoms with Crippen molar-refractivity contribution in [3.8, 4) is 0 Å². The number of nitrogens with zero attached hydrogens (tertiary/aromatic N) is 1. The van der Waals surface area contributed by atoms with E-state index < -0.39 is 36.5 Å². The summed E-state index contributed by atoms with van der Waals surface area (Å²) in [6, 6.07) is 8.48. The van der Waals surface area contributed by atoms with Crippen LogP contribution in [0.25, 0.3) is 0 Å². The van der Waals surface area contributed by atoms with E-state index in [1.807, 2.05) is 0 Å². The number of rotatable bonds is 3. The van der Waals surface area contributed by atoms with Crippen LogP contribution in [0.4, 0.5) is 13.2 Å². The zero-order valence-corrected chi connectivity index (χ0v) is 11.4. The van der Waals surface area contributed by atoms with Gasteiger partial charge in [-0.05, 0) is 12.5 Å². The molecule has 2 rings (SSSR count). The Bertz CT molecular complexity index is 545. The second-order valence-corrected chi connectivity index (χ2v) is 5.13. The van der Waals surface area contributed by atoms with Crippen molar-refractivity contribution in [2.75, 3.05) is 13.1 Å². The van der Waals surface area contributed by atoms with Crippen molar-refractivity contribution in [3.63, 3.8) is 0 Å². The number of benzene rings is 1. The SMILES string of the molecule is CC1(c2ccccc2)NC(=O)CN(CCC(F)(F)F)C1=O. The van der Waals surface area contributed by atoms with Crippen LogP contribution >= 0.6 is 0 Å². The van der Waals surface area contributed by atoms with Crippen LogP contribution in [0.15, 0.2) is 30.3 Å². The van der Waals surface area contributed by atoms with Gasteiger partial charge >= 0.3 is 6.18 Å². The molecule has 1 saturated heterocycles. The zero-order chi connectivity index (χ0) is 15.7. The number of halogens is 3. The largest absolute Gasteiger partial charge is 0.390 e. The van der Waals surface area contributed by atoms with Crippen LogP contribution in [0.3, 0.4) is 0 Å². The van der Waals surface area contributed by atoms with Crippen molar-refractivity contribution in [2.45, 2.75) is 25.1 Å². The minimum atomic E-state index is -4.36. The highest BCUT2D eigenvalue weighted by Gasteiger charge is 2.44. The van der Waals surface area contributed by atoms with E-state index >= 15 is 0 Å². The van der Waals surface area contributed by atoms with E-state index in [0.717, 1.165) is 4.90 Å². The smallest absolute Gasteiger partial charge is 0.337 e. The van der Waals surface area contributed by atoms with Gasteiger partial charge in [0.2, 0.25) is 5.91 Å². The Morgan fingerprint density at radius 3 is 2.43 bits per heavy atom. The monoisotopic (exact) mass is 300 g/mol. The van der Waals surface area contributed by atoms with Gasteiger partial charge in [-0.15, -0.1) is 0 Å². The van der Waals surface area contributed by atoms with Gasteiger partial charge in [-0.3, -0.25) is 9.59 Å². The predicted octanol–water partition coefficient (Wildman–Crippen LogP) is 1.81. The van der Waals surface area contributed by atoms with Gasteiger partial charge in [-0.25, -0.2) is 0 Å². The van der Waals surface area contributed by atoms with Crippen molar-refractivity contribution >= 4 is 11.8 Å².